The summed E-state index contributed by atoms with van der Waals surface area (Å²) in [5, 5.41) is 16.7. The van der Waals surface area contributed by atoms with Crippen molar-refractivity contribution in [3.63, 3.8) is 0 Å². The van der Waals surface area contributed by atoms with Crippen molar-refractivity contribution < 1.29 is 19.1 Å². The van der Waals surface area contributed by atoms with Crippen molar-refractivity contribution in [1.82, 2.24) is 0 Å². The minimum atomic E-state index is -2.07. The van der Waals surface area contributed by atoms with Crippen LogP contribution in [0.2, 0.25) is 5.02 Å². The Bertz CT molecular complexity index is 261. The van der Waals surface area contributed by atoms with E-state index in [-0.39, 0.29) is 10.8 Å². The standard InChI is InChI=1S/C6H5BClFO3/c8-4-2-1-3-5(9)6(4)12-7(10)11/h1-3,10-11H. The maximum atomic E-state index is 12.8. The highest BCUT2D eigenvalue weighted by atomic mass is 35.5. The summed E-state index contributed by atoms with van der Waals surface area (Å²) >= 11 is 5.49. The highest BCUT2D eigenvalue weighted by Crippen LogP contribution is 2.26. The molecule has 0 saturated heterocycles. The van der Waals surface area contributed by atoms with Gasteiger partial charge in [0.05, 0.1) is 5.02 Å². The Kier molecular flexibility index (Phi) is 2.91. The molecule has 0 saturated carbocycles. The van der Waals surface area contributed by atoms with Crippen molar-refractivity contribution in [2.45, 2.75) is 0 Å². The summed E-state index contributed by atoms with van der Waals surface area (Å²) in [6.07, 6.45) is 0. The first-order chi connectivity index (χ1) is 5.61. The molecule has 0 aliphatic heterocycles. The molecule has 0 heterocycles. The van der Waals surface area contributed by atoms with Crippen molar-refractivity contribution in [1.29, 1.82) is 0 Å². The van der Waals surface area contributed by atoms with Crippen molar-refractivity contribution in [2.75, 3.05) is 0 Å². The Hall–Kier alpha value is -0.775. The average molecular weight is 190 g/mol. The van der Waals surface area contributed by atoms with Crippen LogP contribution in [0.15, 0.2) is 18.2 Å². The first-order valence-electron chi connectivity index (χ1n) is 3.08. The molecule has 1 aromatic carbocycles. The van der Waals surface area contributed by atoms with Gasteiger partial charge in [0.15, 0.2) is 11.6 Å². The van der Waals surface area contributed by atoms with Gasteiger partial charge in [0, 0.05) is 0 Å². The smallest absolute Gasteiger partial charge is 0.509 e. The van der Waals surface area contributed by atoms with Crippen LogP contribution in [0.1, 0.15) is 0 Å². The summed E-state index contributed by atoms with van der Waals surface area (Å²) < 4.78 is 17.1. The molecule has 2 N–H and O–H groups in total. The van der Waals surface area contributed by atoms with Gasteiger partial charge in [-0.15, -0.1) is 0 Å². The van der Waals surface area contributed by atoms with E-state index in [1.807, 2.05) is 0 Å². The van der Waals surface area contributed by atoms with Crippen molar-refractivity contribution >= 4 is 18.9 Å². The number of benzene rings is 1. The zero-order valence-corrected chi connectivity index (χ0v) is 6.62. The Morgan fingerprint density at radius 2 is 2.08 bits per heavy atom. The maximum Gasteiger partial charge on any atom is 0.707 e. The van der Waals surface area contributed by atoms with Gasteiger partial charge >= 0.3 is 7.32 Å². The normalized spacial score (nSPS) is 9.67. The molecule has 6 heteroatoms. The maximum absolute atomic E-state index is 12.8. The second-order valence-electron chi connectivity index (χ2n) is 1.99. The van der Waals surface area contributed by atoms with E-state index in [1.54, 1.807) is 0 Å². The third-order valence-corrected chi connectivity index (χ3v) is 1.44. The largest absolute Gasteiger partial charge is 0.707 e. The summed E-state index contributed by atoms with van der Waals surface area (Å²) in [5.74, 6) is -1.11. The number of hydrogen-bond acceptors (Lipinski definition) is 3. The SMILES string of the molecule is OB(O)Oc1c(F)cccc1Cl. The van der Waals surface area contributed by atoms with E-state index in [1.165, 1.54) is 12.1 Å². The molecule has 0 fully saturated rings. The Balaban J connectivity index is 2.96. The van der Waals surface area contributed by atoms with Gasteiger partial charge in [0.2, 0.25) is 0 Å². The number of hydrogen-bond donors (Lipinski definition) is 2. The molecular formula is C6H5BClFO3. The molecule has 0 aliphatic carbocycles. The Labute approximate surface area is 73.5 Å². The fourth-order valence-electron chi connectivity index (χ4n) is 0.701. The second-order valence-corrected chi connectivity index (χ2v) is 2.40. The predicted molar refractivity (Wildman–Crippen MR) is 42.2 cm³/mol. The molecule has 1 rings (SSSR count). The molecule has 0 spiro atoms. The summed E-state index contributed by atoms with van der Waals surface area (Å²) in [6, 6.07) is 3.86. The van der Waals surface area contributed by atoms with E-state index in [0.29, 0.717) is 0 Å². The minimum absolute atomic E-state index is 0.0110. The highest BCUT2D eigenvalue weighted by molar-refractivity contribution is 6.36. The lowest BCUT2D eigenvalue weighted by molar-refractivity contribution is 0.282. The number of rotatable bonds is 2. The molecule has 0 radical (unpaired) electrons. The summed E-state index contributed by atoms with van der Waals surface area (Å²) in [7, 11) is -2.07. The summed E-state index contributed by atoms with van der Waals surface area (Å²) in [6.45, 7) is 0. The van der Waals surface area contributed by atoms with E-state index in [4.69, 9.17) is 21.6 Å². The third kappa shape index (κ3) is 2.10. The van der Waals surface area contributed by atoms with Gasteiger partial charge < -0.3 is 14.7 Å². The molecule has 0 atom stereocenters. The van der Waals surface area contributed by atoms with E-state index < -0.39 is 13.1 Å². The van der Waals surface area contributed by atoms with Gasteiger partial charge in [-0.1, -0.05) is 17.7 Å². The summed E-state index contributed by atoms with van der Waals surface area (Å²) in [5.41, 5.74) is 0. The first-order valence-corrected chi connectivity index (χ1v) is 3.46. The van der Waals surface area contributed by atoms with Crippen LogP contribution in [0.3, 0.4) is 0 Å². The lowest BCUT2D eigenvalue weighted by Gasteiger charge is -2.06. The van der Waals surface area contributed by atoms with Gasteiger partial charge in [0.1, 0.15) is 0 Å². The fourth-order valence-corrected chi connectivity index (χ4v) is 0.908. The number of para-hydroxylation sites is 1. The van der Waals surface area contributed by atoms with Crippen molar-refractivity contribution in [3.05, 3.63) is 29.0 Å². The molecule has 0 amide bonds. The van der Waals surface area contributed by atoms with Crippen molar-refractivity contribution in [2.24, 2.45) is 0 Å². The van der Waals surface area contributed by atoms with Gasteiger partial charge in [-0.3, -0.25) is 0 Å². The van der Waals surface area contributed by atoms with Crippen LogP contribution in [0.25, 0.3) is 0 Å². The molecule has 0 aliphatic rings. The zero-order valence-electron chi connectivity index (χ0n) is 5.87. The van der Waals surface area contributed by atoms with Crippen molar-refractivity contribution in [3.8, 4) is 5.75 Å². The molecule has 64 valence electrons. The van der Waals surface area contributed by atoms with Crippen LogP contribution in [-0.4, -0.2) is 17.4 Å². The van der Waals surface area contributed by atoms with E-state index >= 15 is 0 Å². The average Bonchev–Trinajstić information content (AvgIpc) is 1.97. The van der Waals surface area contributed by atoms with E-state index in [0.717, 1.165) is 6.07 Å². The van der Waals surface area contributed by atoms with E-state index in [9.17, 15) is 4.39 Å². The lowest BCUT2D eigenvalue weighted by atomic mass is 10.2. The minimum Gasteiger partial charge on any atom is -0.509 e. The van der Waals surface area contributed by atoms with Crippen LogP contribution < -0.4 is 4.65 Å². The monoisotopic (exact) mass is 190 g/mol. The highest BCUT2D eigenvalue weighted by Gasteiger charge is 2.16. The van der Waals surface area contributed by atoms with Crippen LogP contribution >= 0.6 is 11.6 Å². The zero-order chi connectivity index (χ0) is 9.14. The Morgan fingerprint density at radius 1 is 1.42 bits per heavy atom. The third-order valence-electron chi connectivity index (χ3n) is 1.14. The summed E-state index contributed by atoms with van der Waals surface area (Å²) in [4.78, 5) is 0. The molecule has 0 bridgehead atoms. The molecule has 0 aromatic heterocycles. The van der Waals surface area contributed by atoms with Crippen LogP contribution in [0.5, 0.6) is 5.75 Å². The van der Waals surface area contributed by atoms with Crippen LogP contribution in [0, 0.1) is 5.82 Å². The molecule has 0 unspecified atom stereocenters. The quantitative estimate of drug-likeness (QED) is 0.679. The second kappa shape index (κ2) is 3.75. The lowest BCUT2D eigenvalue weighted by Crippen LogP contribution is -2.21. The topological polar surface area (TPSA) is 49.7 Å². The van der Waals surface area contributed by atoms with Gasteiger partial charge in [-0.2, -0.15) is 0 Å². The molecule has 1 aromatic rings. The van der Waals surface area contributed by atoms with E-state index in [2.05, 4.69) is 4.65 Å². The van der Waals surface area contributed by atoms with Crippen LogP contribution in [-0.2, 0) is 0 Å². The molecular weight excluding hydrogens is 185 g/mol. The fraction of sp³-hybridized carbons (Fsp3) is 0. The first kappa shape index (κ1) is 9.31. The van der Waals surface area contributed by atoms with Gasteiger partial charge in [-0.05, 0) is 12.1 Å². The molecule has 12 heavy (non-hydrogen) atoms. The number of halogens is 2. The molecule has 3 nitrogen and oxygen atoms in total. The Morgan fingerprint density at radius 3 is 2.58 bits per heavy atom. The van der Waals surface area contributed by atoms with Crippen LogP contribution in [0.4, 0.5) is 4.39 Å². The van der Waals surface area contributed by atoms with Gasteiger partial charge in [-0.25, -0.2) is 4.39 Å². The van der Waals surface area contributed by atoms with Gasteiger partial charge in [0.25, 0.3) is 0 Å². The predicted octanol–water partition coefficient (Wildman–Crippen LogP) is 0.827.